The van der Waals surface area contributed by atoms with Crippen LogP contribution in [0.1, 0.15) is 20.8 Å². The van der Waals surface area contributed by atoms with Crippen LogP contribution in [0.4, 0.5) is 11.4 Å². The zero-order valence-electron chi connectivity index (χ0n) is 10.2. The van der Waals surface area contributed by atoms with E-state index in [0.717, 1.165) is 24.4 Å². The first-order chi connectivity index (χ1) is 9.88. The number of anilines is 1. The molecule has 0 radical (unpaired) electrons. The summed E-state index contributed by atoms with van der Waals surface area (Å²) in [4.78, 5) is 48.0. The van der Waals surface area contributed by atoms with Gasteiger partial charge in [0.2, 0.25) is 0 Å². The molecule has 108 valence electrons. The molecule has 1 aromatic carbocycles. The van der Waals surface area contributed by atoms with E-state index >= 15 is 0 Å². The van der Waals surface area contributed by atoms with Crippen molar-refractivity contribution in [1.29, 1.82) is 0 Å². The average molecular weight is 292 g/mol. The summed E-state index contributed by atoms with van der Waals surface area (Å²) in [5.41, 5.74) is -1.67. The molecule has 1 amide bonds. The number of aromatic carboxylic acids is 1. The predicted octanol–water partition coefficient (Wildman–Crippen LogP) is 0.562. The quantitative estimate of drug-likeness (QED) is 0.476. The molecule has 2 rings (SSSR count). The molecule has 0 aliphatic heterocycles. The SMILES string of the molecule is O=C(Nc1ccc([N+](=O)[O-])cc1C(=O)O)c1c[nH]c(=O)[nH]1. The average Bonchev–Trinajstić information content (AvgIpc) is 2.85. The van der Waals surface area contributed by atoms with Crippen molar-refractivity contribution in [2.75, 3.05) is 5.32 Å². The minimum atomic E-state index is -1.43. The molecule has 21 heavy (non-hydrogen) atoms. The number of non-ortho nitro benzene ring substituents is 1. The Hall–Kier alpha value is -3.43. The molecule has 0 spiro atoms. The highest BCUT2D eigenvalue weighted by atomic mass is 16.6. The number of nitrogens with zero attached hydrogens (tertiary/aromatic N) is 1. The normalized spacial score (nSPS) is 10.1. The van der Waals surface area contributed by atoms with E-state index in [-0.39, 0.29) is 11.4 Å². The van der Waals surface area contributed by atoms with E-state index in [1.54, 1.807) is 0 Å². The van der Waals surface area contributed by atoms with E-state index in [2.05, 4.69) is 15.3 Å². The number of carbonyl (C=O) groups is 2. The van der Waals surface area contributed by atoms with E-state index in [1.165, 1.54) is 0 Å². The van der Waals surface area contributed by atoms with Crippen LogP contribution in [0, 0.1) is 10.1 Å². The maximum absolute atomic E-state index is 11.8. The fourth-order valence-electron chi connectivity index (χ4n) is 1.58. The van der Waals surface area contributed by atoms with Gasteiger partial charge in [-0.15, -0.1) is 0 Å². The molecule has 10 nitrogen and oxygen atoms in total. The zero-order valence-corrected chi connectivity index (χ0v) is 10.2. The molecule has 0 atom stereocenters. The standard InChI is InChI=1S/C11H8N4O6/c16-9(8-4-12-11(19)14-8)13-7-2-1-5(15(20)21)3-6(7)10(17)18/h1-4H,(H,13,16)(H,17,18)(H2,12,14,19). The van der Waals surface area contributed by atoms with Crippen LogP contribution in [0.25, 0.3) is 0 Å². The zero-order chi connectivity index (χ0) is 15.6. The molecule has 0 bridgehead atoms. The summed E-state index contributed by atoms with van der Waals surface area (Å²) in [6.07, 6.45) is 1.11. The number of benzene rings is 1. The van der Waals surface area contributed by atoms with Gasteiger partial charge in [0.05, 0.1) is 16.2 Å². The van der Waals surface area contributed by atoms with Gasteiger partial charge in [0.25, 0.3) is 11.6 Å². The molecule has 0 saturated heterocycles. The third kappa shape index (κ3) is 2.94. The second kappa shape index (κ2) is 5.28. The monoisotopic (exact) mass is 292 g/mol. The summed E-state index contributed by atoms with van der Waals surface area (Å²) in [5, 5.41) is 21.9. The fourth-order valence-corrected chi connectivity index (χ4v) is 1.58. The molecule has 0 saturated carbocycles. The number of hydrogen-bond acceptors (Lipinski definition) is 5. The first kappa shape index (κ1) is 14.0. The Morgan fingerprint density at radius 1 is 1.33 bits per heavy atom. The van der Waals surface area contributed by atoms with Crippen molar-refractivity contribution < 1.29 is 19.6 Å². The van der Waals surface area contributed by atoms with Crippen LogP contribution in [-0.4, -0.2) is 31.9 Å². The lowest BCUT2D eigenvalue weighted by Gasteiger charge is -2.07. The van der Waals surface area contributed by atoms with Crippen molar-refractivity contribution in [2.24, 2.45) is 0 Å². The lowest BCUT2D eigenvalue weighted by Crippen LogP contribution is -2.16. The molecule has 0 aliphatic rings. The van der Waals surface area contributed by atoms with Gasteiger partial charge in [-0.3, -0.25) is 14.9 Å². The predicted molar refractivity (Wildman–Crippen MR) is 69.4 cm³/mol. The Morgan fingerprint density at radius 3 is 2.57 bits per heavy atom. The first-order valence-corrected chi connectivity index (χ1v) is 5.49. The van der Waals surface area contributed by atoms with Crippen LogP contribution in [0.3, 0.4) is 0 Å². The number of rotatable bonds is 4. The first-order valence-electron chi connectivity index (χ1n) is 5.49. The number of nitrogens with one attached hydrogen (secondary N) is 3. The maximum Gasteiger partial charge on any atom is 0.338 e. The van der Waals surface area contributed by atoms with Gasteiger partial charge in [-0.1, -0.05) is 0 Å². The van der Waals surface area contributed by atoms with Crippen LogP contribution in [0.15, 0.2) is 29.2 Å². The highest BCUT2D eigenvalue weighted by Crippen LogP contribution is 2.22. The van der Waals surface area contributed by atoms with E-state index in [1.807, 2.05) is 0 Å². The minimum Gasteiger partial charge on any atom is -0.478 e. The van der Waals surface area contributed by atoms with Crippen LogP contribution >= 0.6 is 0 Å². The van der Waals surface area contributed by atoms with Crippen molar-refractivity contribution >= 4 is 23.3 Å². The highest BCUT2D eigenvalue weighted by Gasteiger charge is 2.18. The third-order valence-electron chi connectivity index (χ3n) is 2.53. The lowest BCUT2D eigenvalue weighted by molar-refractivity contribution is -0.384. The molecule has 10 heteroatoms. The van der Waals surface area contributed by atoms with Gasteiger partial charge < -0.3 is 20.4 Å². The minimum absolute atomic E-state index is 0.102. The number of amides is 1. The number of nitro benzene ring substituents is 1. The number of hydrogen-bond donors (Lipinski definition) is 4. The van der Waals surface area contributed by atoms with Crippen molar-refractivity contribution in [3.63, 3.8) is 0 Å². The molecule has 2 aromatic rings. The van der Waals surface area contributed by atoms with Crippen LogP contribution < -0.4 is 11.0 Å². The lowest BCUT2D eigenvalue weighted by atomic mass is 10.1. The number of imidazole rings is 1. The van der Waals surface area contributed by atoms with Gasteiger partial charge in [-0.05, 0) is 6.07 Å². The Bertz CT molecular complexity index is 790. The Kier molecular flexibility index (Phi) is 3.52. The number of aromatic amines is 2. The van der Waals surface area contributed by atoms with Gasteiger partial charge in [-0.2, -0.15) is 0 Å². The molecule has 0 unspecified atom stereocenters. The molecule has 1 heterocycles. The summed E-state index contributed by atoms with van der Waals surface area (Å²) in [5.74, 6) is -2.19. The number of nitro groups is 1. The number of aromatic nitrogens is 2. The molecule has 0 fully saturated rings. The van der Waals surface area contributed by atoms with Gasteiger partial charge in [-0.25, -0.2) is 9.59 Å². The molecular weight excluding hydrogens is 284 g/mol. The van der Waals surface area contributed by atoms with Crippen LogP contribution in [0.2, 0.25) is 0 Å². The summed E-state index contributed by atoms with van der Waals surface area (Å²) < 4.78 is 0. The van der Waals surface area contributed by atoms with Crippen molar-refractivity contribution in [2.45, 2.75) is 0 Å². The van der Waals surface area contributed by atoms with Gasteiger partial charge in [0, 0.05) is 18.3 Å². The summed E-state index contributed by atoms with van der Waals surface area (Å²) >= 11 is 0. The van der Waals surface area contributed by atoms with Gasteiger partial charge in [0.15, 0.2) is 0 Å². The summed E-state index contributed by atoms with van der Waals surface area (Å²) in [7, 11) is 0. The maximum atomic E-state index is 11.8. The van der Waals surface area contributed by atoms with Crippen molar-refractivity contribution in [3.05, 3.63) is 56.3 Å². The number of carboxylic acid groups (broad SMARTS) is 1. The van der Waals surface area contributed by atoms with E-state index < -0.39 is 33.7 Å². The van der Waals surface area contributed by atoms with Crippen LogP contribution in [0.5, 0.6) is 0 Å². The fraction of sp³-hybridized carbons (Fsp3) is 0. The summed E-state index contributed by atoms with van der Waals surface area (Å²) in [6.45, 7) is 0. The second-order valence-corrected chi connectivity index (χ2v) is 3.90. The van der Waals surface area contributed by atoms with Gasteiger partial charge in [0.1, 0.15) is 5.69 Å². The molecule has 0 aliphatic carbocycles. The van der Waals surface area contributed by atoms with E-state index in [4.69, 9.17) is 5.11 Å². The Labute approximate surface area is 115 Å². The number of carboxylic acids is 1. The largest absolute Gasteiger partial charge is 0.478 e. The molecule has 4 N–H and O–H groups in total. The van der Waals surface area contributed by atoms with E-state index in [9.17, 15) is 24.5 Å². The van der Waals surface area contributed by atoms with Crippen molar-refractivity contribution in [1.82, 2.24) is 9.97 Å². The molecule has 1 aromatic heterocycles. The van der Waals surface area contributed by atoms with Gasteiger partial charge >= 0.3 is 11.7 Å². The Morgan fingerprint density at radius 2 is 2.05 bits per heavy atom. The summed E-state index contributed by atoms with van der Waals surface area (Å²) in [6, 6.07) is 2.99. The van der Waals surface area contributed by atoms with E-state index in [0.29, 0.717) is 0 Å². The Balaban J connectivity index is 2.35. The van der Waals surface area contributed by atoms with Crippen molar-refractivity contribution in [3.8, 4) is 0 Å². The number of carbonyl (C=O) groups excluding carboxylic acids is 1. The second-order valence-electron chi connectivity index (χ2n) is 3.90. The van der Waals surface area contributed by atoms with Crippen LogP contribution in [-0.2, 0) is 0 Å². The third-order valence-corrected chi connectivity index (χ3v) is 2.53. The smallest absolute Gasteiger partial charge is 0.338 e. The highest BCUT2D eigenvalue weighted by molar-refractivity contribution is 6.06. The molecular formula is C11H8N4O6. The topological polar surface area (TPSA) is 158 Å². The number of H-pyrrole nitrogens is 2.